The van der Waals surface area contributed by atoms with Crippen molar-refractivity contribution in [1.29, 1.82) is 0 Å². The molecule has 2 aliphatic rings. The average molecular weight is 508 g/mol. The predicted octanol–water partition coefficient (Wildman–Crippen LogP) is 3.46. The van der Waals surface area contributed by atoms with E-state index in [0.29, 0.717) is 35.8 Å². The quantitative estimate of drug-likeness (QED) is 0.517. The van der Waals surface area contributed by atoms with Gasteiger partial charge in [-0.1, -0.05) is 0 Å². The van der Waals surface area contributed by atoms with E-state index in [1.807, 2.05) is 45.0 Å². The third-order valence-corrected chi connectivity index (χ3v) is 6.41. The first-order valence-electron chi connectivity index (χ1n) is 12.5. The molecule has 196 valence electrons. The van der Waals surface area contributed by atoms with Crippen molar-refractivity contribution in [2.75, 3.05) is 37.0 Å². The summed E-state index contributed by atoms with van der Waals surface area (Å²) >= 11 is 0. The fourth-order valence-corrected chi connectivity index (χ4v) is 4.46. The lowest BCUT2D eigenvalue weighted by molar-refractivity contribution is 0.0193. The molecule has 11 nitrogen and oxygen atoms in total. The molecule has 1 aliphatic carbocycles. The number of hydrogen-bond acceptors (Lipinski definition) is 8. The lowest BCUT2D eigenvalue weighted by Gasteiger charge is -2.42. The second kappa shape index (κ2) is 9.53. The van der Waals surface area contributed by atoms with Gasteiger partial charge in [0.1, 0.15) is 22.9 Å². The third-order valence-electron chi connectivity index (χ3n) is 6.41. The molecule has 1 aliphatic heterocycles. The number of amides is 2. The fraction of sp³-hybridized carbons (Fsp3) is 0.500. The Morgan fingerprint density at radius 2 is 1.92 bits per heavy atom. The Morgan fingerprint density at radius 3 is 2.54 bits per heavy atom. The van der Waals surface area contributed by atoms with Crippen molar-refractivity contribution in [3.63, 3.8) is 0 Å². The van der Waals surface area contributed by atoms with E-state index in [9.17, 15) is 9.59 Å². The summed E-state index contributed by atoms with van der Waals surface area (Å²) in [6, 6.07) is 3.90. The van der Waals surface area contributed by atoms with Crippen LogP contribution in [0, 0.1) is 5.92 Å². The molecule has 3 heterocycles. The summed E-state index contributed by atoms with van der Waals surface area (Å²) in [6.07, 6.45) is 6.79. The number of aromatic nitrogens is 4. The summed E-state index contributed by atoms with van der Waals surface area (Å²) in [5, 5.41) is 8.12. The Labute approximate surface area is 215 Å². The topological polar surface area (TPSA) is 115 Å². The van der Waals surface area contributed by atoms with Crippen molar-refractivity contribution in [3.05, 3.63) is 36.4 Å². The number of methoxy groups -OCH3 is 1. The van der Waals surface area contributed by atoms with Crippen molar-refractivity contribution in [2.24, 2.45) is 13.0 Å². The second-order valence-corrected chi connectivity index (χ2v) is 10.8. The first-order valence-corrected chi connectivity index (χ1v) is 12.5. The van der Waals surface area contributed by atoms with Crippen LogP contribution < -0.4 is 15.0 Å². The number of benzene rings is 1. The number of anilines is 2. The van der Waals surface area contributed by atoms with E-state index < -0.39 is 5.60 Å². The summed E-state index contributed by atoms with van der Waals surface area (Å²) in [5.41, 5.74) is 1.02. The van der Waals surface area contributed by atoms with Crippen LogP contribution in [0.3, 0.4) is 0 Å². The molecule has 1 saturated heterocycles. The standard InChI is InChI=1S/C26H33N7O4/c1-26(2,3)37-25(35)33(18-6-7-18)14-16-12-32(13-16)23-11-27-21(10-28-23)24(34)29-20-8-17-15-31(4)30-19(17)9-22(20)36-5/h8-11,15-16,18H,6-7,12-14H2,1-5H3,(H,29,34). The van der Waals surface area contributed by atoms with Gasteiger partial charge in [-0.3, -0.25) is 9.48 Å². The number of carbonyl (C=O) groups is 2. The van der Waals surface area contributed by atoms with Gasteiger partial charge in [0.25, 0.3) is 5.91 Å². The Morgan fingerprint density at radius 1 is 1.16 bits per heavy atom. The molecule has 1 N–H and O–H groups in total. The number of ether oxygens (including phenoxy) is 2. The maximum absolute atomic E-state index is 12.8. The smallest absolute Gasteiger partial charge is 0.410 e. The zero-order valence-corrected chi connectivity index (χ0v) is 21.9. The van der Waals surface area contributed by atoms with E-state index in [0.717, 1.165) is 36.8 Å². The van der Waals surface area contributed by atoms with E-state index in [1.165, 1.54) is 6.20 Å². The monoisotopic (exact) mass is 507 g/mol. The zero-order chi connectivity index (χ0) is 26.3. The van der Waals surface area contributed by atoms with Gasteiger partial charge in [-0.2, -0.15) is 5.10 Å². The van der Waals surface area contributed by atoms with Crippen molar-refractivity contribution in [3.8, 4) is 5.75 Å². The molecule has 11 heteroatoms. The Bertz CT molecular complexity index is 1300. The van der Waals surface area contributed by atoms with Crippen LogP contribution >= 0.6 is 0 Å². The van der Waals surface area contributed by atoms with E-state index >= 15 is 0 Å². The molecule has 5 rings (SSSR count). The van der Waals surface area contributed by atoms with Crippen LogP contribution in [0.5, 0.6) is 5.75 Å². The summed E-state index contributed by atoms with van der Waals surface area (Å²) < 4.78 is 12.7. The summed E-state index contributed by atoms with van der Waals surface area (Å²) in [5.74, 6) is 1.19. The van der Waals surface area contributed by atoms with Crippen molar-refractivity contribution in [1.82, 2.24) is 24.6 Å². The molecule has 0 spiro atoms. The van der Waals surface area contributed by atoms with Gasteiger partial charge in [-0.15, -0.1) is 0 Å². The maximum Gasteiger partial charge on any atom is 0.410 e. The highest BCUT2D eigenvalue weighted by atomic mass is 16.6. The number of aryl methyl sites for hydroxylation is 1. The minimum absolute atomic E-state index is 0.207. The molecule has 2 fully saturated rings. The van der Waals surface area contributed by atoms with Crippen LogP contribution in [0.1, 0.15) is 44.1 Å². The molecule has 0 atom stereocenters. The summed E-state index contributed by atoms with van der Waals surface area (Å²) in [6.45, 7) is 7.88. The minimum Gasteiger partial charge on any atom is -0.494 e. The van der Waals surface area contributed by atoms with Gasteiger partial charge in [-0.25, -0.2) is 14.8 Å². The fourth-order valence-electron chi connectivity index (χ4n) is 4.46. The molecule has 2 amide bonds. The van der Waals surface area contributed by atoms with E-state index in [4.69, 9.17) is 9.47 Å². The van der Waals surface area contributed by atoms with Gasteiger partial charge in [0.15, 0.2) is 0 Å². The van der Waals surface area contributed by atoms with Crippen molar-refractivity contribution in [2.45, 2.75) is 45.3 Å². The Balaban J connectivity index is 1.18. The van der Waals surface area contributed by atoms with Crippen molar-refractivity contribution >= 4 is 34.4 Å². The van der Waals surface area contributed by atoms with Crippen LogP contribution in [-0.4, -0.2) is 75.0 Å². The first kappa shape index (κ1) is 24.8. The summed E-state index contributed by atoms with van der Waals surface area (Å²) in [4.78, 5) is 38.2. The average Bonchev–Trinajstić information content (AvgIpc) is 3.57. The van der Waals surface area contributed by atoms with Gasteiger partial charge in [0.2, 0.25) is 0 Å². The highest BCUT2D eigenvalue weighted by Gasteiger charge is 2.39. The molecular weight excluding hydrogens is 474 g/mol. The van der Waals surface area contributed by atoms with E-state index in [2.05, 4.69) is 25.3 Å². The van der Waals surface area contributed by atoms with Crippen molar-refractivity contribution < 1.29 is 19.1 Å². The molecule has 1 aromatic carbocycles. The molecule has 2 aromatic heterocycles. The lowest BCUT2D eigenvalue weighted by Crippen LogP contribution is -2.53. The van der Waals surface area contributed by atoms with Crippen LogP contribution in [0.25, 0.3) is 10.9 Å². The largest absolute Gasteiger partial charge is 0.494 e. The lowest BCUT2D eigenvalue weighted by atomic mass is 9.99. The first-order chi connectivity index (χ1) is 17.6. The van der Waals surface area contributed by atoms with E-state index in [1.54, 1.807) is 24.1 Å². The molecule has 37 heavy (non-hydrogen) atoms. The zero-order valence-electron chi connectivity index (χ0n) is 21.9. The van der Waals surface area contributed by atoms with E-state index in [-0.39, 0.29) is 17.7 Å². The molecule has 0 unspecified atom stereocenters. The molecule has 0 bridgehead atoms. The number of nitrogens with one attached hydrogen (secondary N) is 1. The molecular formula is C26H33N7O4. The van der Waals surface area contributed by atoms with Gasteiger partial charge < -0.3 is 24.6 Å². The van der Waals surface area contributed by atoms with Gasteiger partial charge in [0.05, 0.1) is 30.7 Å². The number of hydrogen-bond donors (Lipinski definition) is 1. The maximum atomic E-state index is 12.8. The Hall–Kier alpha value is -3.89. The number of fused-ring (bicyclic) bond motifs is 1. The predicted molar refractivity (Wildman–Crippen MR) is 139 cm³/mol. The number of rotatable bonds is 7. The normalized spacial score (nSPS) is 15.9. The minimum atomic E-state index is -0.504. The Kier molecular flexibility index (Phi) is 6.38. The van der Waals surface area contributed by atoms with Crippen LogP contribution in [0.15, 0.2) is 30.7 Å². The van der Waals surface area contributed by atoms with Crippen LogP contribution in [0.4, 0.5) is 16.3 Å². The second-order valence-electron chi connectivity index (χ2n) is 10.8. The SMILES string of the molecule is COc1cc2nn(C)cc2cc1NC(=O)c1cnc(N2CC(CN(C(=O)OC(C)(C)C)C3CC3)C2)cn1. The highest BCUT2D eigenvalue weighted by molar-refractivity contribution is 6.04. The van der Waals surface area contributed by atoms with Gasteiger partial charge in [-0.05, 0) is 39.7 Å². The molecule has 3 aromatic rings. The third kappa shape index (κ3) is 5.60. The summed E-state index contributed by atoms with van der Waals surface area (Å²) in [7, 11) is 3.39. The van der Waals surface area contributed by atoms with Crippen LogP contribution in [-0.2, 0) is 11.8 Å². The number of carbonyl (C=O) groups excluding carboxylic acids is 2. The van der Waals surface area contributed by atoms with Gasteiger partial charge >= 0.3 is 6.09 Å². The van der Waals surface area contributed by atoms with Crippen LogP contribution in [0.2, 0.25) is 0 Å². The number of nitrogens with zero attached hydrogens (tertiary/aromatic N) is 6. The van der Waals surface area contributed by atoms with Gasteiger partial charge in [0, 0.05) is 56.3 Å². The highest BCUT2D eigenvalue weighted by Crippen LogP contribution is 2.32. The molecule has 1 saturated carbocycles. The molecule has 0 radical (unpaired) electrons.